The first-order valence-corrected chi connectivity index (χ1v) is 12.0. The molecule has 1 fully saturated rings. The number of morpholine rings is 1. The summed E-state index contributed by atoms with van der Waals surface area (Å²) < 4.78 is 43.7. The third kappa shape index (κ3) is 5.14. The van der Waals surface area contributed by atoms with E-state index in [0.717, 1.165) is 12.1 Å². The second-order valence-electron chi connectivity index (χ2n) is 7.61. The summed E-state index contributed by atoms with van der Waals surface area (Å²) in [5.74, 6) is 1.03. The van der Waals surface area contributed by atoms with Gasteiger partial charge in [-0.2, -0.15) is 4.31 Å². The zero-order valence-electron chi connectivity index (χ0n) is 17.9. The first-order chi connectivity index (χ1) is 15.4. The minimum atomic E-state index is -3.64. The Morgan fingerprint density at radius 1 is 0.969 bits per heavy atom. The molecule has 1 atom stereocenters. The smallest absolute Gasteiger partial charge is 0.246 e. The number of nitrogens with zero attached hydrogens (tertiary/aromatic N) is 1. The summed E-state index contributed by atoms with van der Waals surface area (Å²) in [7, 11) is -3.64. The van der Waals surface area contributed by atoms with E-state index in [1.165, 1.54) is 16.4 Å². The van der Waals surface area contributed by atoms with Gasteiger partial charge >= 0.3 is 0 Å². The van der Waals surface area contributed by atoms with Crippen LogP contribution >= 0.6 is 0 Å². The number of benzene rings is 2. The van der Waals surface area contributed by atoms with Gasteiger partial charge < -0.3 is 24.8 Å². The fraction of sp³-hybridized carbons (Fsp3) is 0.409. The van der Waals surface area contributed by atoms with Crippen molar-refractivity contribution in [2.45, 2.75) is 24.3 Å². The van der Waals surface area contributed by atoms with Crippen molar-refractivity contribution >= 4 is 27.3 Å². The maximum atomic E-state index is 12.9. The quantitative estimate of drug-likeness (QED) is 0.680. The molecule has 0 bridgehead atoms. The Morgan fingerprint density at radius 3 is 2.50 bits per heavy atom. The lowest BCUT2D eigenvalue weighted by molar-refractivity contribution is -0.116. The van der Waals surface area contributed by atoms with Crippen LogP contribution in [0.15, 0.2) is 47.4 Å². The number of sulfonamides is 1. The highest BCUT2D eigenvalue weighted by molar-refractivity contribution is 7.89. The highest BCUT2D eigenvalue weighted by atomic mass is 32.2. The van der Waals surface area contributed by atoms with E-state index in [9.17, 15) is 13.2 Å². The van der Waals surface area contributed by atoms with Crippen LogP contribution in [0.4, 0.5) is 11.4 Å². The molecule has 0 radical (unpaired) electrons. The summed E-state index contributed by atoms with van der Waals surface area (Å²) in [6.07, 6.45) is 0.816. The van der Waals surface area contributed by atoms with Crippen molar-refractivity contribution in [2.75, 3.05) is 50.2 Å². The lowest BCUT2D eigenvalue weighted by Crippen LogP contribution is -2.40. The first-order valence-electron chi connectivity index (χ1n) is 10.6. The van der Waals surface area contributed by atoms with Crippen molar-refractivity contribution in [2.24, 2.45) is 0 Å². The number of carbonyl (C=O) groups excluding carboxylic acids is 1. The number of ether oxygens (including phenoxy) is 3. The average Bonchev–Trinajstić information content (AvgIpc) is 3.05. The van der Waals surface area contributed by atoms with Crippen LogP contribution in [0.1, 0.15) is 13.3 Å². The summed E-state index contributed by atoms with van der Waals surface area (Å²) in [5.41, 5.74) is 1.14. The van der Waals surface area contributed by atoms with Crippen LogP contribution in [0.5, 0.6) is 11.5 Å². The second-order valence-corrected chi connectivity index (χ2v) is 9.55. The number of hydrogen-bond donors (Lipinski definition) is 2. The zero-order chi connectivity index (χ0) is 22.6. The van der Waals surface area contributed by atoms with Gasteiger partial charge in [0, 0.05) is 37.0 Å². The Labute approximate surface area is 187 Å². The highest BCUT2D eigenvalue weighted by Gasteiger charge is 2.26. The third-order valence-electron chi connectivity index (χ3n) is 5.23. The summed E-state index contributed by atoms with van der Waals surface area (Å²) in [6, 6.07) is 11.2. The van der Waals surface area contributed by atoms with Gasteiger partial charge in [0.2, 0.25) is 15.9 Å². The molecular weight excluding hydrogens is 434 g/mol. The van der Waals surface area contributed by atoms with Gasteiger partial charge in [-0.25, -0.2) is 8.42 Å². The summed E-state index contributed by atoms with van der Waals surface area (Å²) in [5, 5.41) is 5.93. The topological polar surface area (TPSA) is 106 Å². The SMILES string of the molecule is C[C@H](Nc1ccc2c(c1)OCCCO2)C(=O)Nc1cccc(S(=O)(=O)N2CCOCC2)c1. The van der Waals surface area contributed by atoms with Gasteiger partial charge in [0.05, 0.1) is 31.3 Å². The van der Waals surface area contributed by atoms with Gasteiger partial charge in [-0.15, -0.1) is 0 Å². The molecular formula is C22H27N3O6S. The van der Waals surface area contributed by atoms with Crippen LogP contribution in [-0.2, 0) is 19.6 Å². The van der Waals surface area contributed by atoms with Crippen molar-refractivity contribution in [1.29, 1.82) is 0 Å². The van der Waals surface area contributed by atoms with Crippen LogP contribution in [0.3, 0.4) is 0 Å². The molecule has 2 heterocycles. The second kappa shape index (κ2) is 9.76. The standard InChI is InChI=1S/C22H27N3O6S/c1-16(23-18-6-7-20-21(15-18)31-11-3-10-30-20)22(26)24-17-4-2-5-19(14-17)32(27,28)25-8-12-29-13-9-25/h2,4-7,14-16,23H,3,8-13H2,1H3,(H,24,26)/t16-/m0/s1. The van der Waals surface area contributed by atoms with Gasteiger partial charge in [-0.3, -0.25) is 4.79 Å². The number of anilines is 2. The molecule has 2 aliphatic heterocycles. The predicted octanol–water partition coefficient (Wildman–Crippen LogP) is 2.31. The number of carbonyl (C=O) groups is 1. The van der Waals surface area contributed by atoms with Gasteiger partial charge in [0.25, 0.3) is 0 Å². The Bertz CT molecular complexity index is 1070. The van der Waals surface area contributed by atoms with Crippen molar-refractivity contribution in [1.82, 2.24) is 4.31 Å². The molecule has 0 spiro atoms. The molecule has 1 saturated heterocycles. The number of rotatable bonds is 6. The lowest BCUT2D eigenvalue weighted by Gasteiger charge is -2.26. The summed E-state index contributed by atoms with van der Waals surface area (Å²) in [6.45, 7) is 4.30. The largest absolute Gasteiger partial charge is 0.490 e. The van der Waals surface area contributed by atoms with E-state index in [0.29, 0.717) is 56.7 Å². The Hall–Kier alpha value is -2.82. The van der Waals surface area contributed by atoms with Crippen LogP contribution in [-0.4, -0.2) is 64.2 Å². The monoisotopic (exact) mass is 461 g/mol. The summed E-state index contributed by atoms with van der Waals surface area (Å²) in [4.78, 5) is 12.9. The molecule has 0 saturated carbocycles. The maximum Gasteiger partial charge on any atom is 0.246 e. The fourth-order valence-electron chi connectivity index (χ4n) is 3.49. The molecule has 2 N–H and O–H groups in total. The number of fused-ring (bicyclic) bond motifs is 1. The average molecular weight is 462 g/mol. The molecule has 0 aromatic heterocycles. The van der Waals surface area contributed by atoms with Crippen molar-refractivity contribution in [3.05, 3.63) is 42.5 Å². The van der Waals surface area contributed by atoms with E-state index in [-0.39, 0.29) is 10.8 Å². The van der Waals surface area contributed by atoms with Gasteiger partial charge in [0.15, 0.2) is 11.5 Å². The predicted molar refractivity (Wildman–Crippen MR) is 120 cm³/mol. The van der Waals surface area contributed by atoms with Crippen LogP contribution in [0.25, 0.3) is 0 Å². The molecule has 1 amide bonds. The molecule has 172 valence electrons. The van der Waals surface area contributed by atoms with Crippen molar-refractivity contribution in [3.63, 3.8) is 0 Å². The van der Waals surface area contributed by atoms with Crippen LogP contribution in [0, 0.1) is 0 Å². The van der Waals surface area contributed by atoms with E-state index in [4.69, 9.17) is 14.2 Å². The van der Waals surface area contributed by atoms with E-state index in [2.05, 4.69) is 10.6 Å². The number of hydrogen-bond acceptors (Lipinski definition) is 7. The molecule has 10 heteroatoms. The van der Waals surface area contributed by atoms with Crippen LogP contribution in [0.2, 0.25) is 0 Å². The lowest BCUT2D eigenvalue weighted by atomic mass is 10.2. The minimum Gasteiger partial charge on any atom is -0.490 e. The number of amides is 1. The Balaban J connectivity index is 1.41. The Morgan fingerprint density at radius 2 is 1.72 bits per heavy atom. The van der Waals surface area contributed by atoms with E-state index in [1.54, 1.807) is 25.1 Å². The van der Waals surface area contributed by atoms with Gasteiger partial charge in [-0.05, 0) is 37.3 Å². The first kappa shape index (κ1) is 22.4. The normalized spacial score (nSPS) is 17.8. The third-order valence-corrected chi connectivity index (χ3v) is 7.13. The van der Waals surface area contributed by atoms with Gasteiger partial charge in [-0.1, -0.05) is 6.07 Å². The van der Waals surface area contributed by atoms with Gasteiger partial charge in [0.1, 0.15) is 6.04 Å². The molecule has 9 nitrogen and oxygen atoms in total. The molecule has 2 aromatic carbocycles. The number of nitrogens with one attached hydrogen (secondary N) is 2. The molecule has 4 rings (SSSR count). The Kier molecular flexibility index (Phi) is 6.83. The van der Waals surface area contributed by atoms with E-state index >= 15 is 0 Å². The fourth-order valence-corrected chi connectivity index (χ4v) is 4.94. The zero-order valence-corrected chi connectivity index (χ0v) is 18.7. The van der Waals surface area contributed by atoms with Crippen molar-refractivity contribution < 1.29 is 27.4 Å². The molecule has 0 unspecified atom stereocenters. The van der Waals surface area contributed by atoms with Crippen molar-refractivity contribution in [3.8, 4) is 11.5 Å². The summed E-state index contributed by atoms with van der Waals surface area (Å²) >= 11 is 0. The van der Waals surface area contributed by atoms with E-state index < -0.39 is 16.1 Å². The molecule has 0 aliphatic carbocycles. The maximum absolute atomic E-state index is 12.9. The minimum absolute atomic E-state index is 0.140. The molecule has 32 heavy (non-hydrogen) atoms. The highest BCUT2D eigenvalue weighted by Crippen LogP contribution is 2.32. The molecule has 2 aromatic rings. The van der Waals surface area contributed by atoms with E-state index in [1.807, 2.05) is 12.1 Å². The van der Waals surface area contributed by atoms with Crippen LogP contribution < -0.4 is 20.1 Å². The molecule has 2 aliphatic rings.